The Balaban J connectivity index is 0.00000306. The van der Waals surface area contributed by atoms with Crippen LogP contribution < -0.4 is 10.6 Å². The molecule has 0 saturated carbocycles. The fourth-order valence-corrected chi connectivity index (χ4v) is 4.63. The summed E-state index contributed by atoms with van der Waals surface area (Å²) in [5.41, 5.74) is 2.69. The van der Waals surface area contributed by atoms with Gasteiger partial charge in [-0.3, -0.25) is 0 Å². The van der Waals surface area contributed by atoms with E-state index in [2.05, 4.69) is 35.6 Å². The molecule has 11 nitrogen and oxygen atoms in total. The number of aromatic nitrogens is 5. The van der Waals surface area contributed by atoms with E-state index in [0.29, 0.717) is 48.2 Å². The number of nitrogens with one attached hydrogen (secondary N) is 3. The lowest BCUT2D eigenvalue weighted by Crippen LogP contribution is -2.44. The molecule has 1 fully saturated rings. The first kappa shape index (κ1) is 22.4. The van der Waals surface area contributed by atoms with Crippen molar-refractivity contribution in [1.82, 2.24) is 29.2 Å². The number of sulfonamides is 1. The standard InChI is InChI=1S/C20H28N8O3S.H2/c1-3-13(12-29)25-20-23-9-15(17-10-22-19-16(26-17)6-7-21-19)18(27-20)24-14-5-4-8-28(11-14)32(2,30)31;/h6-7,9-10,13-14,29H,3-5,8,11-12H2,1-2H3,(H,21,22)(H2,23,24,25,27);1H/t13-,14+;/m1./s1. The molecule has 0 unspecified atom stereocenters. The second kappa shape index (κ2) is 9.35. The number of piperidine rings is 1. The minimum absolute atomic E-state index is 0. The second-order valence-corrected chi connectivity index (χ2v) is 9.94. The van der Waals surface area contributed by atoms with Crippen LogP contribution in [0.15, 0.2) is 24.7 Å². The van der Waals surface area contributed by atoms with Crippen molar-refractivity contribution in [3.05, 3.63) is 24.7 Å². The van der Waals surface area contributed by atoms with Gasteiger partial charge in [0.05, 0.1) is 36.4 Å². The number of hydrogen-bond donors (Lipinski definition) is 4. The summed E-state index contributed by atoms with van der Waals surface area (Å²) in [6.07, 6.45) is 8.62. The highest BCUT2D eigenvalue weighted by Crippen LogP contribution is 2.28. The molecule has 1 saturated heterocycles. The minimum atomic E-state index is -3.27. The van der Waals surface area contributed by atoms with Gasteiger partial charge in [0.1, 0.15) is 11.3 Å². The lowest BCUT2D eigenvalue weighted by Gasteiger charge is -2.32. The van der Waals surface area contributed by atoms with Crippen molar-refractivity contribution in [2.75, 3.05) is 36.6 Å². The van der Waals surface area contributed by atoms with Gasteiger partial charge in [-0.25, -0.2) is 27.7 Å². The number of anilines is 2. The van der Waals surface area contributed by atoms with Crippen LogP contribution in [-0.2, 0) is 10.0 Å². The third kappa shape index (κ3) is 4.97. The Kier molecular flexibility index (Phi) is 6.53. The van der Waals surface area contributed by atoms with Crippen LogP contribution >= 0.6 is 0 Å². The van der Waals surface area contributed by atoms with Crippen molar-refractivity contribution >= 4 is 33.0 Å². The Hall–Kier alpha value is -2.83. The first-order valence-electron chi connectivity index (χ1n) is 10.6. The molecule has 2 atom stereocenters. The van der Waals surface area contributed by atoms with Crippen LogP contribution in [0, 0.1) is 0 Å². The maximum absolute atomic E-state index is 12.0. The molecule has 0 aliphatic carbocycles. The minimum Gasteiger partial charge on any atom is -0.394 e. The molecule has 4 N–H and O–H groups in total. The zero-order valence-electron chi connectivity index (χ0n) is 18.1. The van der Waals surface area contributed by atoms with Gasteiger partial charge in [-0.05, 0) is 25.3 Å². The van der Waals surface area contributed by atoms with E-state index in [1.54, 1.807) is 18.6 Å². The van der Waals surface area contributed by atoms with Crippen LogP contribution in [0.5, 0.6) is 0 Å². The third-order valence-electron chi connectivity index (χ3n) is 5.57. The second-order valence-electron chi connectivity index (χ2n) is 7.96. The summed E-state index contributed by atoms with van der Waals surface area (Å²) in [6, 6.07) is 1.57. The topological polar surface area (TPSA) is 149 Å². The van der Waals surface area contributed by atoms with Crippen LogP contribution in [0.4, 0.5) is 11.8 Å². The van der Waals surface area contributed by atoms with Crippen molar-refractivity contribution in [2.24, 2.45) is 0 Å². The summed E-state index contributed by atoms with van der Waals surface area (Å²) in [6.45, 7) is 2.81. The van der Waals surface area contributed by atoms with E-state index in [-0.39, 0.29) is 20.1 Å². The van der Waals surface area contributed by atoms with E-state index in [1.165, 1.54) is 10.6 Å². The number of H-pyrrole nitrogens is 1. The molecule has 0 spiro atoms. The molecule has 4 heterocycles. The van der Waals surface area contributed by atoms with E-state index < -0.39 is 10.0 Å². The zero-order valence-corrected chi connectivity index (χ0v) is 18.9. The lowest BCUT2D eigenvalue weighted by molar-refractivity contribution is 0.271. The van der Waals surface area contributed by atoms with Gasteiger partial charge < -0.3 is 20.7 Å². The van der Waals surface area contributed by atoms with Crippen LogP contribution in [0.2, 0.25) is 0 Å². The summed E-state index contributed by atoms with van der Waals surface area (Å²) >= 11 is 0. The van der Waals surface area contributed by atoms with Crippen molar-refractivity contribution < 1.29 is 15.0 Å². The molecule has 3 aromatic rings. The van der Waals surface area contributed by atoms with Gasteiger partial charge in [-0.2, -0.15) is 4.98 Å². The van der Waals surface area contributed by atoms with Crippen molar-refractivity contribution in [3.8, 4) is 11.3 Å². The first-order valence-corrected chi connectivity index (χ1v) is 12.5. The Morgan fingerprint density at radius 1 is 1.34 bits per heavy atom. The van der Waals surface area contributed by atoms with E-state index >= 15 is 0 Å². The van der Waals surface area contributed by atoms with Gasteiger partial charge >= 0.3 is 0 Å². The molecule has 3 aromatic heterocycles. The fraction of sp³-hybridized carbons (Fsp3) is 0.500. The van der Waals surface area contributed by atoms with Crippen LogP contribution in [-0.4, -0.2) is 80.8 Å². The molecular formula is C20H30N8O3S. The molecule has 1 aliphatic heterocycles. The van der Waals surface area contributed by atoms with Crippen molar-refractivity contribution in [3.63, 3.8) is 0 Å². The van der Waals surface area contributed by atoms with E-state index in [9.17, 15) is 13.5 Å². The highest BCUT2D eigenvalue weighted by molar-refractivity contribution is 7.88. The number of hydrogen-bond acceptors (Lipinski definition) is 9. The van der Waals surface area contributed by atoms with Gasteiger partial charge in [-0.15, -0.1) is 0 Å². The largest absolute Gasteiger partial charge is 0.394 e. The molecule has 32 heavy (non-hydrogen) atoms. The summed E-state index contributed by atoms with van der Waals surface area (Å²) < 4.78 is 25.5. The third-order valence-corrected chi connectivity index (χ3v) is 6.84. The van der Waals surface area contributed by atoms with E-state index in [1.807, 2.05) is 13.0 Å². The fourth-order valence-electron chi connectivity index (χ4n) is 3.72. The normalized spacial score (nSPS) is 18.5. The predicted molar refractivity (Wildman–Crippen MR) is 125 cm³/mol. The van der Waals surface area contributed by atoms with Gasteiger partial charge in [0, 0.05) is 33.0 Å². The monoisotopic (exact) mass is 462 g/mol. The van der Waals surface area contributed by atoms with Crippen molar-refractivity contribution in [2.45, 2.75) is 38.3 Å². The number of rotatable bonds is 8. The van der Waals surface area contributed by atoms with Crippen LogP contribution in [0.25, 0.3) is 22.4 Å². The van der Waals surface area contributed by atoms with E-state index in [4.69, 9.17) is 0 Å². The maximum atomic E-state index is 12.0. The Morgan fingerprint density at radius 2 is 2.19 bits per heavy atom. The zero-order chi connectivity index (χ0) is 22.7. The maximum Gasteiger partial charge on any atom is 0.224 e. The summed E-state index contributed by atoms with van der Waals surface area (Å²) in [7, 11) is -3.27. The average Bonchev–Trinajstić information content (AvgIpc) is 3.25. The summed E-state index contributed by atoms with van der Waals surface area (Å²) in [4.78, 5) is 21.1. The predicted octanol–water partition coefficient (Wildman–Crippen LogP) is 1.68. The Bertz CT molecular complexity index is 1190. The molecule has 4 rings (SSSR count). The molecule has 0 radical (unpaired) electrons. The first-order chi connectivity index (χ1) is 15.4. The number of aliphatic hydroxyl groups excluding tert-OH is 1. The number of aliphatic hydroxyl groups is 1. The molecule has 0 bridgehead atoms. The average molecular weight is 463 g/mol. The summed E-state index contributed by atoms with van der Waals surface area (Å²) in [5, 5.41) is 16.1. The van der Waals surface area contributed by atoms with Crippen molar-refractivity contribution in [1.29, 1.82) is 0 Å². The van der Waals surface area contributed by atoms with Gasteiger partial charge in [0.25, 0.3) is 0 Å². The number of nitrogens with zero attached hydrogens (tertiary/aromatic N) is 5. The number of aromatic amines is 1. The molecular weight excluding hydrogens is 432 g/mol. The molecule has 174 valence electrons. The highest BCUT2D eigenvalue weighted by Gasteiger charge is 2.27. The van der Waals surface area contributed by atoms with Crippen LogP contribution in [0.3, 0.4) is 0 Å². The van der Waals surface area contributed by atoms with E-state index in [0.717, 1.165) is 18.4 Å². The Morgan fingerprint density at radius 3 is 2.94 bits per heavy atom. The smallest absolute Gasteiger partial charge is 0.224 e. The van der Waals surface area contributed by atoms with Crippen LogP contribution in [0.1, 0.15) is 27.6 Å². The Labute approximate surface area is 188 Å². The summed E-state index contributed by atoms with van der Waals surface area (Å²) in [5.74, 6) is 0.920. The quantitative estimate of drug-likeness (QED) is 0.392. The van der Waals surface area contributed by atoms with Gasteiger partial charge in [-0.1, -0.05) is 6.92 Å². The molecule has 0 amide bonds. The SMILES string of the molecule is CC[C@H](CO)Nc1ncc(-c2cnc3[nH]ccc3n2)c(N[C@H]2CCCN(S(C)(=O)=O)C2)n1.[HH]. The number of fused-ring (bicyclic) bond motifs is 1. The molecule has 0 aromatic carbocycles. The van der Waals surface area contributed by atoms with Gasteiger partial charge in [0.2, 0.25) is 16.0 Å². The molecule has 12 heteroatoms. The lowest BCUT2D eigenvalue weighted by atomic mass is 10.1. The molecule has 1 aliphatic rings. The van der Waals surface area contributed by atoms with Gasteiger partial charge in [0.15, 0.2) is 5.65 Å². The highest BCUT2D eigenvalue weighted by atomic mass is 32.2.